The summed E-state index contributed by atoms with van der Waals surface area (Å²) in [6, 6.07) is 5.57. The van der Waals surface area contributed by atoms with E-state index in [0.717, 1.165) is 53.9 Å². The maximum Gasteiger partial charge on any atom is 0.494 e. The third kappa shape index (κ3) is 4.62. The minimum atomic E-state index is -0.651. The van der Waals surface area contributed by atoms with E-state index in [1.165, 1.54) is 12.7 Å². The summed E-state index contributed by atoms with van der Waals surface area (Å²) in [7, 11) is 0.909. The number of likely N-dealkylation sites (tertiary alicyclic amines) is 1. The number of methoxy groups -OCH3 is 1. The van der Waals surface area contributed by atoms with Crippen molar-refractivity contribution in [3.05, 3.63) is 35.3 Å². The first-order valence-electron chi connectivity index (χ1n) is 13.6. The highest BCUT2D eigenvalue weighted by atomic mass is 16.7. The summed E-state index contributed by atoms with van der Waals surface area (Å²) < 4.78 is 17.3. The van der Waals surface area contributed by atoms with Gasteiger partial charge in [0.05, 0.1) is 30.0 Å². The lowest BCUT2D eigenvalue weighted by atomic mass is 9.76. The van der Waals surface area contributed by atoms with E-state index in [1.54, 1.807) is 0 Å². The van der Waals surface area contributed by atoms with Crippen molar-refractivity contribution in [2.75, 3.05) is 13.7 Å². The molecule has 5 rings (SSSR count). The van der Waals surface area contributed by atoms with Crippen molar-refractivity contribution in [3.63, 3.8) is 0 Å². The second-order valence-corrected chi connectivity index (χ2v) is 12.0. The lowest BCUT2D eigenvalue weighted by Gasteiger charge is -2.32. The highest BCUT2D eigenvalue weighted by Crippen LogP contribution is 2.39. The van der Waals surface area contributed by atoms with Gasteiger partial charge in [-0.25, -0.2) is 9.78 Å². The van der Waals surface area contributed by atoms with E-state index < -0.39 is 19.3 Å². The Kier molecular flexibility index (Phi) is 6.84. The van der Waals surface area contributed by atoms with Crippen molar-refractivity contribution in [1.82, 2.24) is 20.2 Å². The van der Waals surface area contributed by atoms with Gasteiger partial charge in [0.25, 0.3) is 0 Å². The lowest BCUT2D eigenvalue weighted by Crippen LogP contribution is -2.51. The van der Waals surface area contributed by atoms with Gasteiger partial charge < -0.3 is 29.2 Å². The summed E-state index contributed by atoms with van der Waals surface area (Å²) in [6.45, 7) is 12.7. The van der Waals surface area contributed by atoms with Crippen LogP contribution in [0.5, 0.6) is 0 Å². The van der Waals surface area contributed by atoms with Crippen LogP contribution >= 0.6 is 0 Å². The van der Waals surface area contributed by atoms with Gasteiger partial charge in [-0.2, -0.15) is 0 Å². The molecular formula is C28H39BN4O5. The number of alkyl carbamates (subject to hydrolysis) is 1. The van der Waals surface area contributed by atoms with Crippen molar-refractivity contribution in [3.8, 4) is 11.3 Å². The molecule has 1 aromatic heterocycles. The summed E-state index contributed by atoms with van der Waals surface area (Å²) in [4.78, 5) is 35.8. The van der Waals surface area contributed by atoms with E-state index in [-0.39, 0.29) is 29.1 Å². The van der Waals surface area contributed by atoms with Crippen molar-refractivity contribution in [2.45, 2.75) is 90.5 Å². The Bertz CT molecular complexity index is 1220. The number of imidazole rings is 1. The third-order valence-electron chi connectivity index (χ3n) is 8.59. The average molecular weight is 522 g/mol. The van der Waals surface area contributed by atoms with Crippen LogP contribution in [-0.2, 0) is 31.7 Å². The fraction of sp³-hybridized carbons (Fsp3) is 0.607. The van der Waals surface area contributed by atoms with E-state index in [2.05, 4.69) is 56.2 Å². The summed E-state index contributed by atoms with van der Waals surface area (Å²) in [6.07, 6.45) is 2.86. The number of benzene rings is 1. The summed E-state index contributed by atoms with van der Waals surface area (Å²) in [5, 5.41) is 2.71. The number of aromatic amines is 1. The number of rotatable bonds is 5. The molecule has 2 atom stereocenters. The SMILES string of the molecule is COC(=O)N[C@H](C(=O)N1CCC[C@H]1c1nc2c([nH]1)CCc1cc(B3OC(C)(C)C(C)(C)O3)ccc1-2)C(C)C. The third-order valence-corrected chi connectivity index (χ3v) is 8.59. The van der Waals surface area contributed by atoms with Gasteiger partial charge in [-0.05, 0) is 70.3 Å². The predicted molar refractivity (Wildman–Crippen MR) is 145 cm³/mol. The molecule has 3 aliphatic rings. The molecule has 1 aliphatic carbocycles. The molecule has 3 heterocycles. The van der Waals surface area contributed by atoms with Gasteiger partial charge >= 0.3 is 13.2 Å². The van der Waals surface area contributed by atoms with Crippen LogP contribution in [-0.4, -0.2) is 64.9 Å². The minimum absolute atomic E-state index is 0.0716. The van der Waals surface area contributed by atoms with Crippen LogP contribution in [0.15, 0.2) is 18.2 Å². The number of amides is 2. The Morgan fingerprint density at radius 3 is 2.55 bits per heavy atom. The molecule has 0 bridgehead atoms. The van der Waals surface area contributed by atoms with Crippen molar-refractivity contribution in [2.24, 2.45) is 5.92 Å². The summed E-state index contributed by atoms with van der Waals surface area (Å²) in [5.74, 6) is 0.636. The molecule has 2 fully saturated rings. The molecule has 0 spiro atoms. The quantitative estimate of drug-likeness (QED) is 0.583. The number of aryl methyl sites for hydroxylation is 2. The van der Waals surface area contributed by atoms with E-state index in [0.29, 0.717) is 6.54 Å². The van der Waals surface area contributed by atoms with Crippen LogP contribution in [0.4, 0.5) is 4.79 Å². The topological polar surface area (TPSA) is 106 Å². The van der Waals surface area contributed by atoms with E-state index in [4.69, 9.17) is 19.0 Å². The molecule has 0 unspecified atom stereocenters. The maximum absolute atomic E-state index is 13.5. The first kappa shape index (κ1) is 26.7. The number of H-pyrrole nitrogens is 1. The zero-order chi connectivity index (χ0) is 27.4. The van der Waals surface area contributed by atoms with Gasteiger partial charge in [-0.3, -0.25) is 4.79 Å². The molecule has 10 heteroatoms. The molecule has 204 valence electrons. The molecule has 2 aliphatic heterocycles. The van der Waals surface area contributed by atoms with Crippen molar-refractivity contribution >= 4 is 24.6 Å². The number of nitrogens with one attached hydrogen (secondary N) is 2. The minimum Gasteiger partial charge on any atom is -0.453 e. The number of carbonyl (C=O) groups excluding carboxylic acids is 2. The van der Waals surface area contributed by atoms with E-state index in [9.17, 15) is 9.59 Å². The number of fused-ring (bicyclic) bond motifs is 3. The summed E-state index contributed by atoms with van der Waals surface area (Å²) >= 11 is 0. The largest absolute Gasteiger partial charge is 0.494 e. The number of carbonyl (C=O) groups is 2. The van der Waals surface area contributed by atoms with Crippen LogP contribution in [0.2, 0.25) is 0 Å². The first-order chi connectivity index (χ1) is 17.9. The molecular weight excluding hydrogens is 483 g/mol. The Morgan fingerprint density at radius 2 is 1.89 bits per heavy atom. The zero-order valence-corrected chi connectivity index (χ0v) is 23.5. The molecule has 38 heavy (non-hydrogen) atoms. The molecule has 0 saturated carbocycles. The molecule has 2 amide bonds. The second-order valence-electron chi connectivity index (χ2n) is 12.0. The molecule has 2 saturated heterocycles. The van der Waals surface area contributed by atoms with Crippen LogP contribution in [0.1, 0.15) is 77.5 Å². The monoisotopic (exact) mass is 522 g/mol. The highest BCUT2D eigenvalue weighted by molar-refractivity contribution is 6.62. The number of hydrogen-bond donors (Lipinski definition) is 2. The van der Waals surface area contributed by atoms with Crippen molar-refractivity contribution in [1.29, 1.82) is 0 Å². The molecule has 9 nitrogen and oxygen atoms in total. The average Bonchev–Trinajstić information content (AvgIpc) is 3.57. The Hall–Kier alpha value is -2.85. The smallest absolute Gasteiger partial charge is 0.453 e. The highest BCUT2D eigenvalue weighted by Gasteiger charge is 2.51. The van der Waals surface area contributed by atoms with Gasteiger partial charge in [0, 0.05) is 17.8 Å². The number of nitrogens with zero attached hydrogens (tertiary/aromatic N) is 2. The van der Waals surface area contributed by atoms with Gasteiger partial charge in [-0.1, -0.05) is 32.0 Å². The second kappa shape index (κ2) is 9.72. The molecule has 0 radical (unpaired) electrons. The molecule has 1 aromatic carbocycles. The number of hydrogen-bond acceptors (Lipinski definition) is 6. The Morgan fingerprint density at radius 1 is 1.18 bits per heavy atom. The normalized spacial score (nSPS) is 22.3. The standard InChI is InChI=1S/C28H39BN4O5/c1-16(2)22(32-26(35)36-7)25(34)33-14-8-9-21(33)24-30-20-13-10-17-15-18(11-12-19(17)23(20)31-24)29-37-27(3,4)28(5,6)38-29/h11-12,15-16,21-22H,8-10,13-14H2,1-7H3,(H,30,31)(H,32,35)/t21-,22-/m0/s1. The van der Waals surface area contributed by atoms with Gasteiger partial charge in [0.1, 0.15) is 11.9 Å². The van der Waals surface area contributed by atoms with Gasteiger partial charge in [-0.15, -0.1) is 0 Å². The lowest BCUT2D eigenvalue weighted by molar-refractivity contribution is -0.135. The Balaban J connectivity index is 1.38. The Labute approximate surface area is 225 Å². The molecule has 2 aromatic rings. The zero-order valence-electron chi connectivity index (χ0n) is 23.5. The van der Waals surface area contributed by atoms with E-state index in [1.807, 2.05) is 18.7 Å². The van der Waals surface area contributed by atoms with Crippen LogP contribution in [0.3, 0.4) is 0 Å². The predicted octanol–water partition coefficient (Wildman–Crippen LogP) is 3.52. The summed E-state index contributed by atoms with van der Waals surface area (Å²) in [5.41, 5.74) is 4.64. The maximum atomic E-state index is 13.5. The fourth-order valence-corrected chi connectivity index (χ4v) is 5.62. The van der Waals surface area contributed by atoms with Crippen LogP contribution in [0.25, 0.3) is 11.3 Å². The first-order valence-corrected chi connectivity index (χ1v) is 13.6. The van der Waals surface area contributed by atoms with Gasteiger partial charge in [0.15, 0.2) is 0 Å². The number of aromatic nitrogens is 2. The fourth-order valence-electron chi connectivity index (χ4n) is 5.62. The van der Waals surface area contributed by atoms with Crippen LogP contribution < -0.4 is 10.8 Å². The van der Waals surface area contributed by atoms with Gasteiger partial charge in [0.2, 0.25) is 5.91 Å². The van der Waals surface area contributed by atoms with Crippen molar-refractivity contribution < 1.29 is 23.6 Å². The molecule has 2 N–H and O–H groups in total. The number of ether oxygens (including phenoxy) is 1. The van der Waals surface area contributed by atoms with Crippen LogP contribution in [0, 0.1) is 5.92 Å². The van der Waals surface area contributed by atoms with E-state index >= 15 is 0 Å².